The van der Waals surface area contributed by atoms with Gasteiger partial charge in [0, 0.05) is 23.6 Å². The first kappa shape index (κ1) is 18.5. The lowest BCUT2D eigenvalue weighted by Gasteiger charge is -2.37. The Balaban J connectivity index is 1.78. The highest BCUT2D eigenvalue weighted by atomic mass is 19.1. The largest absolute Gasteiger partial charge is 0.494 e. The van der Waals surface area contributed by atoms with E-state index in [2.05, 4.69) is 35.2 Å². The Morgan fingerprint density at radius 2 is 2.25 bits per heavy atom. The van der Waals surface area contributed by atoms with Crippen LogP contribution in [-0.2, 0) is 0 Å². The van der Waals surface area contributed by atoms with E-state index in [9.17, 15) is 4.39 Å². The molecule has 0 amide bonds. The van der Waals surface area contributed by atoms with Crippen LogP contribution < -0.4 is 9.64 Å². The third-order valence-electron chi connectivity index (χ3n) is 5.27. The summed E-state index contributed by atoms with van der Waals surface area (Å²) in [5, 5.41) is 5.18. The molecular weight excluding hydrogens is 355 g/mol. The van der Waals surface area contributed by atoms with Crippen molar-refractivity contribution < 1.29 is 13.7 Å². The maximum Gasteiger partial charge on any atom is 0.170 e. The molecule has 1 unspecified atom stereocenters. The number of hydrogen-bond acceptors (Lipinski definition) is 4. The van der Waals surface area contributed by atoms with Crippen LogP contribution in [0.25, 0.3) is 17.0 Å². The van der Waals surface area contributed by atoms with Gasteiger partial charge in [-0.1, -0.05) is 30.3 Å². The third kappa shape index (κ3) is 3.37. The van der Waals surface area contributed by atoms with Crippen LogP contribution in [0.1, 0.15) is 49.9 Å². The number of allylic oxidation sites excluding steroid dienone is 1. The van der Waals surface area contributed by atoms with Gasteiger partial charge in [-0.25, -0.2) is 4.39 Å². The fourth-order valence-corrected chi connectivity index (χ4v) is 3.97. The van der Waals surface area contributed by atoms with Gasteiger partial charge in [0.25, 0.3) is 0 Å². The minimum absolute atomic E-state index is 0.0553. The zero-order valence-corrected chi connectivity index (χ0v) is 16.2. The molecule has 0 aliphatic carbocycles. The molecule has 0 bridgehead atoms. The molecule has 2 aromatic carbocycles. The number of benzene rings is 2. The lowest BCUT2D eigenvalue weighted by atomic mass is 9.96. The van der Waals surface area contributed by atoms with Crippen LogP contribution in [0.5, 0.6) is 5.75 Å². The predicted octanol–water partition coefficient (Wildman–Crippen LogP) is 5.93. The molecule has 1 aliphatic heterocycles. The molecule has 4 nitrogen and oxygen atoms in total. The van der Waals surface area contributed by atoms with Gasteiger partial charge >= 0.3 is 0 Å². The SMILES string of the molecule is CC/C=C/c1[c]ccc(N2CCCCC2c2noc3cc(F)ccc23)c1OC. The highest BCUT2D eigenvalue weighted by Crippen LogP contribution is 2.42. The number of aromatic nitrogens is 1. The summed E-state index contributed by atoms with van der Waals surface area (Å²) >= 11 is 0. The zero-order chi connectivity index (χ0) is 19.5. The van der Waals surface area contributed by atoms with Gasteiger partial charge in [0.2, 0.25) is 0 Å². The second-order valence-electron chi connectivity index (χ2n) is 7.03. The number of rotatable bonds is 5. The first-order chi connectivity index (χ1) is 13.7. The maximum atomic E-state index is 13.6. The summed E-state index contributed by atoms with van der Waals surface area (Å²) in [6.07, 6.45) is 8.28. The monoisotopic (exact) mass is 379 g/mol. The smallest absolute Gasteiger partial charge is 0.170 e. The van der Waals surface area contributed by atoms with E-state index < -0.39 is 0 Å². The Kier molecular flexibility index (Phi) is 5.33. The van der Waals surface area contributed by atoms with E-state index in [-0.39, 0.29) is 11.9 Å². The van der Waals surface area contributed by atoms with Gasteiger partial charge in [-0.15, -0.1) is 0 Å². The number of hydrogen-bond donors (Lipinski definition) is 0. The highest BCUT2D eigenvalue weighted by Gasteiger charge is 2.30. The predicted molar refractivity (Wildman–Crippen MR) is 109 cm³/mol. The summed E-state index contributed by atoms with van der Waals surface area (Å²) in [5.41, 5.74) is 3.31. The van der Waals surface area contributed by atoms with Crippen molar-refractivity contribution >= 4 is 22.7 Å². The van der Waals surface area contributed by atoms with Gasteiger partial charge < -0.3 is 14.2 Å². The Bertz CT molecular complexity index is 995. The molecular formula is C23H24FN2O2. The lowest BCUT2D eigenvalue weighted by Crippen LogP contribution is -2.34. The average molecular weight is 379 g/mol. The van der Waals surface area contributed by atoms with E-state index in [0.29, 0.717) is 5.58 Å². The first-order valence-corrected chi connectivity index (χ1v) is 9.79. The van der Waals surface area contributed by atoms with Gasteiger partial charge in [0.1, 0.15) is 17.3 Å². The van der Waals surface area contributed by atoms with Gasteiger partial charge in [-0.05, 0) is 49.9 Å². The molecule has 0 saturated carbocycles. The zero-order valence-electron chi connectivity index (χ0n) is 16.2. The number of nitrogens with zero attached hydrogens (tertiary/aromatic N) is 2. The van der Waals surface area contributed by atoms with E-state index in [1.54, 1.807) is 13.2 Å². The van der Waals surface area contributed by atoms with Crippen LogP contribution in [0.4, 0.5) is 10.1 Å². The third-order valence-corrected chi connectivity index (χ3v) is 5.27. The Morgan fingerprint density at radius 1 is 1.36 bits per heavy atom. The number of piperidine rings is 1. The Labute approximate surface area is 164 Å². The molecule has 1 aromatic heterocycles. The average Bonchev–Trinajstić information content (AvgIpc) is 3.14. The van der Waals surface area contributed by atoms with Crippen molar-refractivity contribution in [2.75, 3.05) is 18.6 Å². The summed E-state index contributed by atoms with van der Waals surface area (Å²) in [4.78, 5) is 2.33. The molecule has 4 rings (SSSR count). The molecule has 1 aliphatic rings. The van der Waals surface area contributed by atoms with E-state index in [0.717, 1.165) is 60.3 Å². The fourth-order valence-electron chi connectivity index (χ4n) is 3.97. The molecule has 1 atom stereocenters. The maximum absolute atomic E-state index is 13.6. The van der Waals surface area contributed by atoms with Crippen LogP contribution in [0.15, 0.2) is 40.9 Å². The summed E-state index contributed by atoms with van der Waals surface area (Å²) in [6, 6.07) is 11.9. The lowest BCUT2D eigenvalue weighted by molar-refractivity contribution is 0.393. The number of anilines is 1. The van der Waals surface area contributed by atoms with E-state index in [4.69, 9.17) is 9.26 Å². The van der Waals surface area contributed by atoms with Crippen molar-refractivity contribution in [1.82, 2.24) is 5.16 Å². The minimum Gasteiger partial charge on any atom is -0.494 e. The molecule has 3 aromatic rings. The molecule has 28 heavy (non-hydrogen) atoms. The van der Waals surface area contributed by atoms with Gasteiger partial charge in [-0.2, -0.15) is 0 Å². The molecule has 145 valence electrons. The second kappa shape index (κ2) is 8.05. The second-order valence-corrected chi connectivity index (χ2v) is 7.03. The van der Waals surface area contributed by atoms with Gasteiger partial charge in [0.05, 0.1) is 18.8 Å². The minimum atomic E-state index is -0.316. The number of ether oxygens (including phenoxy) is 1. The van der Waals surface area contributed by atoms with Crippen LogP contribution in [0.2, 0.25) is 0 Å². The number of fused-ring (bicyclic) bond motifs is 1. The molecule has 0 N–H and O–H groups in total. The van der Waals surface area contributed by atoms with E-state index in [1.807, 2.05) is 12.1 Å². The van der Waals surface area contributed by atoms with Crippen molar-refractivity contribution in [1.29, 1.82) is 0 Å². The molecule has 2 heterocycles. The van der Waals surface area contributed by atoms with Crippen molar-refractivity contribution in [3.05, 3.63) is 59.5 Å². The standard InChI is InChI=1S/C23H24FN2O2/c1-3-4-8-16-9-7-11-20(23(16)27-2)26-14-6-5-10-19(26)22-18-13-12-17(24)15-21(18)28-25-22/h4,7-8,11-13,15,19H,3,5-6,10,14H2,1-2H3/b8-4+. The topological polar surface area (TPSA) is 38.5 Å². The van der Waals surface area contributed by atoms with Crippen LogP contribution in [-0.4, -0.2) is 18.8 Å². The molecule has 0 spiro atoms. The summed E-state index contributed by atoms with van der Waals surface area (Å²) < 4.78 is 24.8. The Hall–Kier alpha value is -2.82. The van der Waals surface area contributed by atoms with Crippen molar-refractivity contribution in [2.45, 2.75) is 38.6 Å². The highest BCUT2D eigenvalue weighted by molar-refractivity contribution is 5.81. The number of methoxy groups -OCH3 is 1. The van der Waals surface area contributed by atoms with Crippen molar-refractivity contribution in [3.8, 4) is 5.75 Å². The fraction of sp³-hybridized carbons (Fsp3) is 0.348. The summed E-state index contributed by atoms with van der Waals surface area (Å²) in [6.45, 7) is 3.00. The van der Waals surface area contributed by atoms with Gasteiger partial charge in [-0.3, -0.25) is 0 Å². The summed E-state index contributed by atoms with van der Waals surface area (Å²) in [7, 11) is 1.70. The van der Waals surface area contributed by atoms with Crippen molar-refractivity contribution in [2.24, 2.45) is 0 Å². The van der Waals surface area contributed by atoms with Crippen LogP contribution in [0, 0.1) is 11.9 Å². The quantitative estimate of drug-likeness (QED) is 0.551. The summed E-state index contributed by atoms with van der Waals surface area (Å²) in [5.74, 6) is 0.501. The molecule has 1 saturated heterocycles. The molecule has 1 fully saturated rings. The number of halogens is 1. The van der Waals surface area contributed by atoms with Crippen LogP contribution in [0.3, 0.4) is 0 Å². The molecule has 1 radical (unpaired) electrons. The normalized spacial score (nSPS) is 17.5. The van der Waals surface area contributed by atoms with E-state index in [1.165, 1.54) is 12.1 Å². The van der Waals surface area contributed by atoms with Gasteiger partial charge in [0.15, 0.2) is 5.58 Å². The van der Waals surface area contributed by atoms with Crippen LogP contribution >= 0.6 is 0 Å². The first-order valence-electron chi connectivity index (χ1n) is 9.79. The van der Waals surface area contributed by atoms with E-state index >= 15 is 0 Å². The molecule has 5 heteroatoms. The van der Waals surface area contributed by atoms with Crippen molar-refractivity contribution in [3.63, 3.8) is 0 Å². The Morgan fingerprint density at radius 3 is 3.07 bits per heavy atom.